The molecule has 4 aliphatic rings. The number of benzene rings is 1. The summed E-state index contributed by atoms with van der Waals surface area (Å²) in [5, 5.41) is 7.17. The molecule has 0 bridgehead atoms. The molecule has 2 N–H and O–H groups in total. The molecule has 3 fully saturated rings. The molecule has 1 aromatic rings. The van der Waals surface area contributed by atoms with Gasteiger partial charge in [0.05, 0.1) is 24.5 Å². The van der Waals surface area contributed by atoms with Crippen LogP contribution in [0, 0.1) is 0 Å². The van der Waals surface area contributed by atoms with Crippen LogP contribution >= 0.6 is 0 Å². The van der Waals surface area contributed by atoms with Crippen molar-refractivity contribution in [3.05, 3.63) is 29.5 Å². The number of carbonyl (C=O) groups is 1. The molecular formula is C23H31N3O3. The third kappa shape index (κ3) is 3.76. The molecule has 3 aliphatic heterocycles. The van der Waals surface area contributed by atoms with Gasteiger partial charge in [-0.2, -0.15) is 0 Å². The van der Waals surface area contributed by atoms with Crippen LogP contribution < -0.4 is 15.5 Å². The minimum atomic E-state index is 0.134. The molecule has 1 saturated carbocycles. The highest BCUT2D eigenvalue weighted by Crippen LogP contribution is 2.43. The fraction of sp³-hybridized carbons (Fsp3) is 0.609. The Balaban J connectivity index is 1.53. The van der Waals surface area contributed by atoms with E-state index < -0.39 is 0 Å². The number of fused-ring (bicyclic) bond motifs is 1. The van der Waals surface area contributed by atoms with Crippen molar-refractivity contribution in [3.8, 4) is 0 Å². The van der Waals surface area contributed by atoms with Crippen molar-refractivity contribution in [2.75, 3.05) is 43.2 Å². The molecule has 3 heterocycles. The normalized spacial score (nSPS) is 26.3. The van der Waals surface area contributed by atoms with Crippen molar-refractivity contribution >= 4 is 22.9 Å². The van der Waals surface area contributed by atoms with Crippen LogP contribution in [0.5, 0.6) is 0 Å². The maximum atomic E-state index is 13.7. The van der Waals surface area contributed by atoms with Gasteiger partial charge in [0.1, 0.15) is 0 Å². The first-order chi connectivity index (χ1) is 14.3. The first-order valence-corrected chi connectivity index (χ1v) is 11.2. The standard InChI is InChI=1S/C23H31N3O3/c27-23-22(20-9-13-29-14-10-24-20)19-15-17(25-16-3-1-2-4-16)5-6-21(19)26(23)18-7-11-28-12-8-18/h5-6,15-16,18,24-25H,1-4,7-14H2/b22-20-. The van der Waals surface area contributed by atoms with Gasteiger partial charge >= 0.3 is 0 Å². The van der Waals surface area contributed by atoms with Crippen molar-refractivity contribution < 1.29 is 14.3 Å². The molecule has 6 nitrogen and oxygen atoms in total. The lowest BCUT2D eigenvalue weighted by Crippen LogP contribution is -2.41. The topological polar surface area (TPSA) is 62.8 Å². The molecule has 5 rings (SSSR count). The summed E-state index contributed by atoms with van der Waals surface area (Å²) < 4.78 is 11.2. The minimum absolute atomic E-state index is 0.134. The first kappa shape index (κ1) is 18.9. The van der Waals surface area contributed by atoms with Gasteiger partial charge in [0.15, 0.2) is 0 Å². The van der Waals surface area contributed by atoms with Crippen LogP contribution in [-0.2, 0) is 14.3 Å². The second-order valence-electron chi connectivity index (χ2n) is 8.52. The molecule has 2 saturated heterocycles. The van der Waals surface area contributed by atoms with Gasteiger partial charge in [-0.3, -0.25) is 4.79 Å². The van der Waals surface area contributed by atoms with Gasteiger partial charge in [-0.15, -0.1) is 0 Å². The second-order valence-corrected chi connectivity index (χ2v) is 8.52. The van der Waals surface area contributed by atoms with Crippen LogP contribution in [0.25, 0.3) is 5.57 Å². The second kappa shape index (κ2) is 8.36. The molecule has 1 aromatic carbocycles. The predicted octanol–water partition coefficient (Wildman–Crippen LogP) is 3.29. The number of nitrogens with zero attached hydrogens (tertiary/aromatic N) is 1. The molecule has 0 spiro atoms. The van der Waals surface area contributed by atoms with Gasteiger partial charge in [0.2, 0.25) is 0 Å². The monoisotopic (exact) mass is 397 g/mol. The maximum absolute atomic E-state index is 13.7. The van der Waals surface area contributed by atoms with Gasteiger partial charge in [-0.05, 0) is 43.9 Å². The van der Waals surface area contributed by atoms with Crippen molar-refractivity contribution in [2.45, 2.75) is 57.0 Å². The van der Waals surface area contributed by atoms with E-state index in [0.717, 1.165) is 67.2 Å². The van der Waals surface area contributed by atoms with Crippen LogP contribution in [0.2, 0.25) is 0 Å². The quantitative estimate of drug-likeness (QED) is 0.767. The van der Waals surface area contributed by atoms with Crippen LogP contribution in [0.3, 0.4) is 0 Å². The largest absolute Gasteiger partial charge is 0.385 e. The van der Waals surface area contributed by atoms with Crippen LogP contribution in [0.1, 0.15) is 50.5 Å². The lowest BCUT2D eigenvalue weighted by molar-refractivity contribution is -0.113. The molecule has 156 valence electrons. The van der Waals surface area contributed by atoms with Crippen molar-refractivity contribution in [1.29, 1.82) is 0 Å². The Morgan fingerprint density at radius 2 is 1.79 bits per heavy atom. The summed E-state index contributed by atoms with van der Waals surface area (Å²) >= 11 is 0. The molecular weight excluding hydrogens is 366 g/mol. The van der Waals surface area contributed by atoms with E-state index in [2.05, 4.69) is 28.8 Å². The Hall–Kier alpha value is -2.05. The highest BCUT2D eigenvalue weighted by Gasteiger charge is 2.39. The highest BCUT2D eigenvalue weighted by atomic mass is 16.5. The number of ether oxygens (including phenoxy) is 2. The molecule has 0 atom stereocenters. The van der Waals surface area contributed by atoms with Crippen LogP contribution in [0.4, 0.5) is 11.4 Å². The Labute approximate surface area is 172 Å². The number of anilines is 2. The summed E-state index contributed by atoms with van der Waals surface area (Å²) in [6, 6.07) is 7.25. The number of nitrogens with one attached hydrogen (secondary N) is 2. The van der Waals surface area contributed by atoms with Crippen LogP contribution in [-0.4, -0.2) is 51.0 Å². The minimum Gasteiger partial charge on any atom is -0.385 e. The van der Waals surface area contributed by atoms with Gasteiger partial charge in [-0.1, -0.05) is 12.8 Å². The summed E-state index contributed by atoms with van der Waals surface area (Å²) in [5.41, 5.74) is 5.11. The molecule has 29 heavy (non-hydrogen) atoms. The van der Waals surface area contributed by atoms with E-state index in [9.17, 15) is 4.79 Å². The molecule has 0 aromatic heterocycles. The summed E-state index contributed by atoms with van der Waals surface area (Å²) in [6.07, 6.45) is 7.62. The van der Waals surface area contributed by atoms with Gasteiger partial charge in [0, 0.05) is 55.2 Å². The Kier molecular flexibility index (Phi) is 5.46. The molecule has 0 radical (unpaired) electrons. The van der Waals surface area contributed by atoms with Crippen LogP contribution in [0.15, 0.2) is 23.9 Å². The third-order valence-corrected chi connectivity index (χ3v) is 6.62. The number of hydrogen-bond donors (Lipinski definition) is 2. The molecule has 6 heteroatoms. The van der Waals surface area contributed by atoms with E-state index in [1.165, 1.54) is 25.7 Å². The zero-order valence-corrected chi connectivity index (χ0v) is 17.0. The first-order valence-electron chi connectivity index (χ1n) is 11.2. The number of hydrogen-bond acceptors (Lipinski definition) is 5. The summed E-state index contributed by atoms with van der Waals surface area (Å²) in [4.78, 5) is 15.7. The fourth-order valence-corrected chi connectivity index (χ4v) is 5.14. The number of amides is 1. The van der Waals surface area contributed by atoms with Gasteiger partial charge < -0.3 is 25.0 Å². The van der Waals surface area contributed by atoms with Crippen molar-refractivity contribution in [1.82, 2.24) is 5.32 Å². The summed E-state index contributed by atoms with van der Waals surface area (Å²) in [6.45, 7) is 3.54. The lowest BCUT2D eigenvalue weighted by atomic mass is 10.0. The number of carbonyl (C=O) groups excluding carboxylic acids is 1. The van der Waals surface area contributed by atoms with E-state index in [4.69, 9.17) is 9.47 Å². The average molecular weight is 398 g/mol. The van der Waals surface area contributed by atoms with E-state index in [1.807, 2.05) is 4.90 Å². The summed E-state index contributed by atoms with van der Waals surface area (Å²) in [5.74, 6) is 0.134. The Morgan fingerprint density at radius 1 is 1.00 bits per heavy atom. The molecule has 0 unspecified atom stereocenters. The Morgan fingerprint density at radius 3 is 2.62 bits per heavy atom. The van der Waals surface area contributed by atoms with Crippen molar-refractivity contribution in [3.63, 3.8) is 0 Å². The molecule has 1 amide bonds. The maximum Gasteiger partial charge on any atom is 0.261 e. The zero-order chi connectivity index (χ0) is 19.6. The molecule has 1 aliphatic carbocycles. The SMILES string of the molecule is O=C1/C(=C2/CCOCCN2)c2cc(NC3CCCC3)ccc2N1C1CCOCC1. The third-order valence-electron chi connectivity index (χ3n) is 6.62. The fourth-order valence-electron chi connectivity index (χ4n) is 5.14. The smallest absolute Gasteiger partial charge is 0.261 e. The zero-order valence-electron chi connectivity index (χ0n) is 17.0. The van der Waals surface area contributed by atoms with E-state index >= 15 is 0 Å². The predicted molar refractivity (Wildman–Crippen MR) is 114 cm³/mol. The van der Waals surface area contributed by atoms with E-state index in [1.54, 1.807) is 0 Å². The van der Waals surface area contributed by atoms with Crippen molar-refractivity contribution in [2.24, 2.45) is 0 Å². The van der Waals surface area contributed by atoms with E-state index in [-0.39, 0.29) is 11.9 Å². The Bertz CT molecular complexity index is 785. The van der Waals surface area contributed by atoms with Gasteiger partial charge in [0.25, 0.3) is 5.91 Å². The number of rotatable bonds is 3. The van der Waals surface area contributed by atoms with Gasteiger partial charge in [-0.25, -0.2) is 0 Å². The highest BCUT2D eigenvalue weighted by molar-refractivity contribution is 6.33. The lowest BCUT2D eigenvalue weighted by Gasteiger charge is -2.31. The summed E-state index contributed by atoms with van der Waals surface area (Å²) in [7, 11) is 0. The van der Waals surface area contributed by atoms with E-state index in [0.29, 0.717) is 19.3 Å². The average Bonchev–Trinajstić information content (AvgIpc) is 3.25.